The van der Waals surface area contributed by atoms with Crippen molar-refractivity contribution in [2.45, 2.75) is 18.2 Å². The highest BCUT2D eigenvalue weighted by Crippen LogP contribution is 2.32. The first-order valence-corrected chi connectivity index (χ1v) is 13.2. The number of allylic oxidation sites excluding steroid dienone is 1. The van der Waals surface area contributed by atoms with Crippen molar-refractivity contribution in [2.75, 3.05) is 48.8 Å². The molecule has 0 bridgehead atoms. The van der Waals surface area contributed by atoms with E-state index in [2.05, 4.69) is 38.5 Å². The Balaban J connectivity index is 1.31. The molecule has 11 heteroatoms. The van der Waals surface area contributed by atoms with Gasteiger partial charge in [-0.25, -0.2) is 14.4 Å². The Morgan fingerprint density at radius 3 is 2.68 bits per heavy atom. The van der Waals surface area contributed by atoms with E-state index < -0.39 is 11.7 Å². The molecule has 2 aliphatic rings. The molecule has 0 saturated carbocycles. The smallest absolute Gasteiger partial charge is 0.260 e. The monoisotopic (exact) mass is 530 g/mol. The van der Waals surface area contributed by atoms with Crippen LogP contribution in [0.2, 0.25) is 0 Å². The van der Waals surface area contributed by atoms with Gasteiger partial charge in [0.05, 0.1) is 15.8 Å². The van der Waals surface area contributed by atoms with Gasteiger partial charge >= 0.3 is 0 Å². The van der Waals surface area contributed by atoms with Crippen LogP contribution in [0.5, 0.6) is 0 Å². The quantitative estimate of drug-likeness (QED) is 0.470. The molecule has 1 saturated heterocycles. The lowest BCUT2D eigenvalue weighted by molar-refractivity contribution is 0.102. The Hall–Kier alpha value is -4.01. The minimum atomic E-state index is -0.619. The van der Waals surface area contributed by atoms with Crippen LogP contribution in [0.4, 0.5) is 21.7 Å². The first kappa shape index (κ1) is 25.6. The fourth-order valence-electron chi connectivity index (χ4n) is 4.25. The lowest BCUT2D eigenvalue weighted by atomic mass is 10.1. The molecule has 1 fully saturated rings. The molecule has 1 aromatic carbocycles. The number of nitriles is 1. The average molecular weight is 531 g/mol. The van der Waals surface area contributed by atoms with Gasteiger partial charge in [0, 0.05) is 56.7 Å². The van der Waals surface area contributed by atoms with Gasteiger partial charge in [0.2, 0.25) is 0 Å². The Morgan fingerprint density at radius 1 is 1.18 bits per heavy atom. The summed E-state index contributed by atoms with van der Waals surface area (Å²) in [5.41, 5.74) is 1.42. The zero-order valence-electron chi connectivity index (χ0n) is 20.9. The van der Waals surface area contributed by atoms with E-state index in [0.717, 1.165) is 60.8 Å². The van der Waals surface area contributed by atoms with Crippen molar-refractivity contribution in [1.29, 1.82) is 5.26 Å². The van der Waals surface area contributed by atoms with E-state index in [1.165, 1.54) is 24.2 Å². The Kier molecular flexibility index (Phi) is 7.81. The second-order valence-corrected chi connectivity index (χ2v) is 10.4. The summed E-state index contributed by atoms with van der Waals surface area (Å²) in [5, 5.41) is 15.4. The third-order valence-electron chi connectivity index (χ3n) is 6.38. The number of anilines is 3. The molecule has 1 unspecified atom stereocenters. The molecule has 2 aliphatic heterocycles. The maximum Gasteiger partial charge on any atom is 0.260 e. The van der Waals surface area contributed by atoms with Crippen LogP contribution in [0, 0.1) is 17.1 Å². The van der Waals surface area contributed by atoms with Crippen molar-refractivity contribution in [3.05, 3.63) is 82.5 Å². The van der Waals surface area contributed by atoms with E-state index in [4.69, 9.17) is 9.97 Å². The number of likely N-dealkylation sites (N-methyl/N-ethyl adjacent to an activating group) is 1. The lowest BCUT2D eigenvalue weighted by Gasteiger charge is -2.33. The first-order chi connectivity index (χ1) is 18.5. The molecular weight excluding hydrogens is 503 g/mol. The van der Waals surface area contributed by atoms with Gasteiger partial charge in [-0.1, -0.05) is 30.0 Å². The normalized spacial score (nSPS) is 17.6. The van der Waals surface area contributed by atoms with Gasteiger partial charge in [0.15, 0.2) is 0 Å². The standard InChI is InChI=1S/C27H27FN8OS/c1-35-10-12-36(13-11-35)25-15-24(34-26-7-6-20(16-29)38-26)32-23(33-25)14-18-2-4-19(5-3-18)31-27(37)21-17-30-9-8-22(21)28/h2-6,8-9,15,17,26H,7,10-14H2,1H3,(H,31,37)(H,32,33,34). The highest BCUT2D eigenvalue weighted by molar-refractivity contribution is 8.04. The SMILES string of the molecule is CN1CCN(c2cc(NC3CC=C(C#N)S3)nc(Cc3ccc(NC(=O)c4cnccc4F)cc3)n2)CC1. The summed E-state index contributed by atoms with van der Waals surface area (Å²) in [7, 11) is 2.12. The number of benzene rings is 1. The molecule has 9 nitrogen and oxygen atoms in total. The van der Waals surface area contributed by atoms with Crippen LogP contribution in [0.25, 0.3) is 0 Å². The zero-order valence-corrected chi connectivity index (χ0v) is 21.7. The average Bonchev–Trinajstić information content (AvgIpc) is 3.38. The molecule has 1 amide bonds. The Bertz CT molecular complexity index is 1380. The minimum Gasteiger partial charge on any atom is -0.357 e. The minimum absolute atomic E-state index is 0.0558. The highest BCUT2D eigenvalue weighted by Gasteiger charge is 2.21. The second-order valence-electron chi connectivity index (χ2n) is 9.17. The summed E-state index contributed by atoms with van der Waals surface area (Å²) in [6, 6.07) is 12.7. The van der Waals surface area contributed by atoms with Crippen LogP contribution in [0.15, 0.2) is 59.8 Å². The molecule has 3 aromatic rings. The number of halogens is 1. The topological polar surface area (TPSA) is 110 Å². The number of hydrogen-bond acceptors (Lipinski definition) is 9. The van der Waals surface area contributed by atoms with Gasteiger partial charge in [0.25, 0.3) is 5.91 Å². The maximum atomic E-state index is 13.9. The molecular formula is C27H27FN8OS. The predicted molar refractivity (Wildman–Crippen MR) is 146 cm³/mol. The predicted octanol–water partition coefficient (Wildman–Crippen LogP) is 3.89. The molecule has 2 aromatic heterocycles. The fraction of sp³-hybridized carbons (Fsp3) is 0.296. The number of pyridine rings is 1. The molecule has 1 atom stereocenters. The van der Waals surface area contributed by atoms with Crippen LogP contribution >= 0.6 is 11.8 Å². The number of rotatable bonds is 7. The Labute approximate surface area is 224 Å². The van der Waals surface area contributed by atoms with Crippen LogP contribution in [0.3, 0.4) is 0 Å². The molecule has 0 aliphatic carbocycles. The molecule has 0 spiro atoms. The number of nitrogens with zero attached hydrogens (tertiary/aromatic N) is 6. The van der Waals surface area contributed by atoms with E-state index in [1.807, 2.05) is 24.3 Å². The molecule has 194 valence electrons. The molecule has 5 rings (SSSR count). The number of piperazine rings is 1. The number of hydrogen-bond donors (Lipinski definition) is 2. The van der Waals surface area contributed by atoms with Crippen molar-refractivity contribution in [1.82, 2.24) is 19.9 Å². The van der Waals surface area contributed by atoms with Crippen LogP contribution in [-0.4, -0.2) is 64.4 Å². The van der Waals surface area contributed by atoms with Gasteiger partial charge in [-0.05, 0) is 37.2 Å². The number of nitrogens with one attached hydrogen (secondary N) is 2. The van der Waals surface area contributed by atoms with Gasteiger partial charge < -0.3 is 20.4 Å². The van der Waals surface area contributed by atoms with E-state index in [0.29, 0.717) is 17.9 Å². The van der Waals surface area contributed by atoms with Gasteiger partial charge in [-0.2, -0.15) is 5.26 Å². The first-order valence-electron chi connectivity index (χ1n) is 12.3. The van der Waals surface area contributed by atoms with Crippen molar-refractivity contribution >= 4 is 35.0 Å². The summed E-state index contributed by atoms with van der Waals surface area (Å²) in [6.07, 6.45) is 5.70. The number of thioether (sulfide) groups is 1. The molecule has 0 radical (unpaired) electrons. The summed E-state index contributed by atoms with van der Waals surface area (Å²) < 4.78 is 13.9. The van der Waals surface area contributed by atoms with Crippen LogP contribution in [-0.2, 0) is 6.42 Å². The number of amides is 1. The number of carbonyl (C=O) groups excluding carboxylic acids is 1. The second kappa shape index (κ2) is 11.6. The Morgan fingerprint density at radius 2 is 1.97 bits per heavy atom. The maximum absolute atomic E-state index is 13.9. The van der Waals surface area contributed by atoms with E-state index in [9.17, 15) is 14.4 Å². The molecule has 38 heavy (non-hydrogen) atoms. The summed E-state index contributed by atoms with van der Waals surface area (Å²) in [6.45, 7) is 3.70. The van der Waals surface area contributed by atoms with Gasteiger partial charge in [-0.15, -0.1) is 0 Å². The summed E-state index contributed by atoms with van der Waals surface area (Å²) in [4.78, 5) is 31.1. The van der Waals surface area contributed by atoms with E-state index >= 15 is 0 Å². The zero-order chi connectivity index (χ0) is 26.5. The van der Waals surface area contributed by atoms with E-state index in [1.54, 1.807) is 12.1 Å². The van der Waals surface area contributed by atoms with Crippen LogP contribution in [0.1, 0.15) is 28.2 Å². The third kappa shape index (κ3) is 6.27. The number of carbonyl (C=O) groups is 1. The van der Waals surface area contributed by atoms with E-state index in [-0.39, 0.29) is 10.9 Å². The van der Waals surface area contributed by atoms with Crippen molar-refractivity contribution in [3.8, 4) is 6.07 Å². The van der Waals surface area contributed by atoms with Gasteiger partial charge in [0.1, 0.15) is 29.3 Å². The van der Waals surface area contributed by atoms with Gasteiger partial charge in [-0.3, -0.25) is 9.78 Å². The van der Waals surface area contributed by atoms with Crippen molar-refractivity contribution < 1.29 is 9.18 Å². The molecule has 2 N–H and O–H groups in total. The largest absolute Gasteiger partial charge is 0.357 e. The fourth-order valence-corrected chi connectivity index (χ4v) is 5.18. The highest BCUT2D eigenvalue weighted by atomic mass is 32.2. The summed E-state index contributed by atoms with van der Waals surface area (Å²) in [5.74, 6) is 1.11. The summed E-state index contributed by atoms with van der Waals surface area (Å²) >= 11 is 1.51. The third-order valence-corrected chi connectivity index (χ3v) is 7.49. The molecule has 4 heterocycles. The van der Waals surface area contributed by atoms with Crippen molar-refractivity contribution in [2.24, 2.45) is 0 Å². The van der Waals surface area contributed by atoms with Crippen molar-refractivity contribution in [3.63, 3.8) is 0 Å². The number of aromatic nitrogens is 3. The van der Waals surface area contributed by atoms with Crippen LogP contribution < -0.4 is 15.5 Å². The lowest BCUT2D eigenvalue weighted by Crippen LogP contribution is -2.45.